The van der Waals surface area contributed by atoms with Crippen LogP contribution in [0.15, 0.2) is 0 Å². The van der Waals surface area contributed by atoms with E-state index in [2.05, 4.69) is 13.8 Å². The van der Waals surface area contributed by atoms with Gasteiger partial charge in [0.15, 0.2) is 0 Å². The Kier molecular flexibility index (Phi) is 3.73. The predicted molar refractivity (Wildman–Crippen MR) is 63.2 cm³/mol. The lowest BCUT2D eigenvalue weighted by molar-refractivity contribution is 0.965. The van der Waals surface area contributed by atoms with E-state index in [1.807, 2.05) is 0 Å². The minimum atomic E-state index is -1.76. The molecule has 0 radical (unpaired) electrons. The van der Waals surface area contributed by atoms with Gasteiger partial charge in [-0.2, -0.15) is 0 Å². The van der Waals surface area contributed by atoms with Crippen molar-refractivity contribution in [3.63, 3.8) is 0 Å². The van der Waals surface area contributed by atoms with Crippen molar-refractivity contribution < 1.29 is 0 Å². The number of rotatable bonds is 2. The van der Waals surface area contributed by atoms with Crippen LogP contribution in [0, 0.1) is 0 Å². The second-order valence-electron chi connectivity index (χ2n) is 4.09. The van der Waals surface area contributed by atoms with Gasteiger partial charge in [0.25, 0.3) is 0 Å². The summed E-state index contributed by atoms with van der Waals surface area (Å²) < 4.78 is 0. The third kappa shape index (κ3) is 2.50. The van der Waals surface area contributed by atoms with E-state index < -0.39 is 14.8 Å². The van der Waals surface area contributed by atoms with Crippen molar-refractivity contribution in [2.45, 2.75) is 50.1 Å². The van der Waals surface area contributed by atoms with Crippen LogP contribution in [-0.2, 0) is 0 Å². The molecule has 1 rings (SSSR count). The van der Waals surface area contributed by atoms with Gasteiger partial charge in [0.2, 0.25) is 6.69 Å². The van der Waals surface area contributed by atoms with Crippen LogP contribution in [0.3, 0.4) is 0 Å². The van der Waals surface area contributed by atoms with E-state index >= 15 is 0 Å². The lowest BCUT2D eigenvalue weighted by Gasteiger charge is -2.38. The Bertz CT molecular complexity index is 155. The Hall–Kier alpha value is 1.01. The molecule has 1 aliphatic rings. The van der Waals surface area contributed by atoms with Crippen LogP contribution in [-0.4, -0.2) is 14.8 Å². The van der Waals surface area contributed by atoms with Crippen molar-refractivity contribution in [1.29, 1.82) is 0 Å². The average Bonchev–Trinajstić information content (AvgIpc) is 2.02. The average molecular weight is 241 g/mol. The highest BCUT2D eigenvalue weighted by Crippen LogP contribution is 2.43. The Labute approximate surface area is 87.1 Å². The summed E-state index contributed by atoms with van der Waals surface area (Å²) in [5.74, 6) is 0. The molecule has 0 aromatic rings. The molecule has 0 unspecified atom stereocenters. The lowest BCUT2D eigenvalue weighted by atomic mass is 10.6. The summed E-state index contributed by atoms with van der Waals surface area (Å²) in [6.07, 6.45) is 1.31. The van der Waals surface area contributed by atoms with Crippen molar-refractivity contribution >= 4 is 36.9 Å². The van der Waals surface area contributed by atoms with E-state index in [4.69, 9.17) is 22.2 Å². The van der Waals surface area contributed by atoms with Crippen LogP contribution >= 0.6 is 22.2 Å². The molecule has 0 aliphatic carbocycles. The van der Waals surface area contributed by atoms with E-state index in [1.54, 1.807) is 0 Å². The quantitative estimate of drug-likeness (QED) is 0.498. The monoisotopic (exact) mass is 240 g/mol. The van der Waals surface area contributed by atoms with E-state index in [1.165, 1.54) is 30.2 Å². The standard InChI is InChI=1S/C8H18Cl2Si2/c1-3-11(4-2)6-5-7-12(9,10)8-11/h3-8H2,1-2H3. The lowest BCUT2D eigenvalue weighted by Crippen LogP contribution is -2.44. The van der Waals surface area contributed by atoms with Crippen molar-refractivity contribution in [3.8, 4) is 0 Å². The fraction of sp³-hybridized carbons (Fsp3) is 1.00. The molecule has 0 amide bonds. The number of hydrogen-bond donors (Lipinski definition) is 0. The predicted octanol–water partition coefficient (Wildman–Crippen LogP) is 4.34. The maximum atomic E-state index is 6.35. The Morgan fingerprint density at radius 2 is 1.67 bits per heavy atom. The van der Waals surface area contributed by atoms with E-state index in [0.29, 0.717) is 0 Å². The maximum Gasteiger partial charge on any atom is 0.248 e. The summed E-state index contributed by atoms with van der Waals surface area (Å²) >= 11 is 12.7. The summed E-state index contributed by atoms with van der Waals surface area (Å²) in [6.45, 7) is 2.90. The minimum absolute atomic E-state index is 0.968. The molecule has 1 saturated heterocycles. The van der Waals surface area contributed by atoms with Gasteiger partial charge in [-0.15, -0.1) is 22.2 Å². The smallest absolute Gasteiger partial charge is 0.146 e. The molecule has 1 heterocycles. The van der Waals surface area contributed by atoms with Gasteiger partial charge in [0.05, 0.1) is 8.07 Å². The molecule has 0 bridgehead atoms. The number of hydrogen-bond acceptors (Lipinski definition) is 0. The highest BCUT2D eigenvalue weighted by Gasteiger charge is 2.44. The molecule has 0 aromatic heterocycles. The van der Waals surface area contributed by atoms with Gasteiger partial charge < -0.3 is 0 Å². The second kappa shape index (κ2) is 4.03. The first-order valence-corrected chi connectivity index (χ1v) is 12.2. The first kappa shape index (κ1) is 11.1. The maximum absolute atomic E-state index is 6.35. The van der Waals surface area contributed by atoms with Crippen molar-refractivity contribution in [3.05, 3.63) is 0 Å². The normalized spacial score (nSPS) is 27.0. The third-order valence-electron chi connectivity index (χ3n) is 3.38. The fourth-order valence-electron chi connectivity index (χ4n) is 2.30. The van der Waals surface area contributed by atoms with Crippen LogP contribution in [0.1, 0.15) is 20.3 Å². The molecular weight excluding hydrogens is 223 g/mol. The SMILES string of the molecule is CC[Si]1(CC)CCC[Si](Cl)(Cl)C1. The van der Waals surface area contributed by atoms with Crippen LogP contribution < -0.4 is 0 Å². The summed E-state index contributed by atoms with van der Waals surface area (Å²) in [7, 11) is -0.968. The zero-order valence-corrected chi connectivity index (χ0v) is 11.5. The van der Waals surface area contributed by atoms with Crippen LogP contribution in [0.2, 0.25) is 29.8 Å². The first-order chi connectivity index (χ1) is 5.54. The fourth-order valence-corrected chi connectivity index (χ4v) is 19.2. The van der Waals surface area contributed by atoms with Gasteiger partial charge in [-0.3, -0.25) is 0 Å². The van der Waals surface area contributed by atoms with Gasteiger partial charge in [-0.05, 0) is 11.7 Å². The number of halogens is 2. The topological polar surface area (TPSA) is 0 Å². The third-order valence-corrected chi connectivity index (χ3v) is 17.5. The van der Waals surface area contributed by atoms with Crippen molar-refractivity contribution in [2.24, 2.45) is 0 Å². The van der Waals surface area contributed by atoms with E-state index in [9.17, 15) is 0 Å². The van der Waals surface area contributed by atoms with Crippen molar-refractivity contribution in [2.75, 3.05) is 0 Å². The summed E-state index contributed by atoms with van der Waals surface area (Å²) in [4.78, 5) is 0. The van der Waals surface area contributed by atoms with Crippen molar-refractivity contribution in [1.82, 2.24) is 0 Å². The van der Waals surface area contributed by atoms with Crippen LogP contribution in [0.25, 0.3) is 0 Å². The van der Waals surface area contributed by atoms with Crippen LogP contribution in [0.5, 0.6) is 0 Å². The zero-order valence-electron chi connectivity index (χ0n) is 8.00. The minimum Gasteiger partial charge on any atom is -0.146 e. The summed E-state index contributed by atoms with van der Waals surface area (Å²) in [5.41, 5.74) is 1.26. The summed E-state index contributed by atoms with van der Waals surface area (Å²) in [5, 5.41) is 0. The molecular formula is C8H18Cl2Si2. The second-order valence-corrected chi connectivity index (χ2v) is 17.6. The summed E-state index contributed by atoms with van der Waals surface area (Å²) in [6, 6.07) is 5.40. The van der Waals surface area contributed by atoms with Crippen LogP contribution in [0.4, 0.5) is 0 Å². The molecule has 1 aliphatic heterocycles. The molecule has 0 aromatic carbocycles. The Morgan fingerprint density at radius 3 is 2.00 bits per heavy atom. The molecule has 1 fully saturated rings. The molecule has 0 atom stereocenters. The molecule has 12 heavy (non-hydrogen) atoms. The highest BCUT2D eigenvalue weighted by atomic mass is 35.7. The molecule has 0 saturated carbocycles. The molecule has 72 valence electrons. The Morgan fingerprint density at radius 1 is 1.08 bits per heavy atom. The van der Waals surface area contributed by atoms with E-state index in [-0.39, 0.29) is 0 Å². The molecule has 0 N–H and O–H groups in total. The van der Waals surface area contributed by atoms with Gasteiger partial charge in [0.1, 0.15) is 0 Å². The molecule has 4 heteroatoms. The van der Waals surface area contributed by atoms with Gasteiger partial charge in [0, 0.05) is 0 Å². The van der Waals surface area contributed by atoms with E-state index in [0.717, 1.165) is 6.04 Å². The molecule has 0 nitrogen and oxygen atoms in total. The van der Waals surface area contributed by atoms with Gasteiger partial charge in [-0.1, -0.05) is 38.4 Å². The zero-order chi connectivity index (χ0) is 9.24. The highest BCUT2D eigenvalue weighted by molar-refractivity contribution is 7.48. The van der Waals surface area contributed by atoms with Gasteiger partial charge >= 0.3 is 0 Å². The van der Waals surface area contributed by atoms with Gasteiger partial charge in [-0.25, -0.2) is 0 Å². The Balaban J connectivity index is 2.65. The largest absolute Gasteiger partial charge is 0.248 e. The first-order valence-electron chi connectivity index (χ1n) is 4.91. The molecule has 0 spiro atoms.